The van der Waals surface area contributed by atoms with Crippen LogP contribution < -0.4 is 5.32 Å². The van der Waals surface area contributed by atoms with Gasteiger partial charge in [-0.25, -0.2) is 0 Å². The fraction of sp³-hybridized carbons (Fsp3) is 0.462. The maximum atomic E-state index is 5.97. The normalized spacial score (nSPS) is 15.2. The van der Waals surface area contributed by atoms with Crippen LogP contribution in [-0.2, 0) is 13.1 Å². The average Bonchev–Trinajstić information content (AvgIpc) is 3.02. The molecule has 4 nitrogen and oxygen atoms in total. The van der Waals surface area contributed by atoms with E-state index in [0.717, 1.165) is 24.0 Å². The zero-order valence-electron chi connectivity index (χ0n) is 10.3. The first-order valence-electron chi connectivity index (χ1n) is 6.20. The van der Waals surface area contributed by atoms with Crippen molar-refractivity contribution in [1.29, 1.82) is 0 Å². The van der Waals surface area contributed by atoms with Gasteiger partial charge in [0.2, 0.25) is 0 Å². The van der Waals surface area contributed by atoms with Crippen molar-refractivity contribution in [2.45, 2.75) is 38.9 Å². The van der Waals surface area contributed by atoms with Crippen molar-refractivity contribution in [1.82, 2.24) is 15.1 Å². The molecule has 2 aromatic rings. The maximum Gasteiger partial charge on any atom is 0.125 e. The zero-order valence-corrected chi connectivity index (χ0v) is 11.1. The molecule has 1 aliphatic carbocycles. The molecular weight excluding hydrogens is 250 g/mol. The second-order valence-corrected chi connectivity index (χ2v) is 5.22. The van der Waals surface area contributed by atoms with Crippen LogP contribution in [0.2, 0.25) is 5.02 Å². The minimum Gasteiger partial charge on any atom is -0.467 e. The lowest BCUT2D eigenvalue weighted by atomic mass is 10.3. The van der Waals surface area contributed by atoms with Crippen molar-refractivity contribution in [3.63, 3.8) is 0 Å². The van der Waals surface area contributed by atoms with Gasteiger partial charge in [-0.05, 0) is 25.8 Å². The van der Waals surface area contributed by atoms with E-state index in [1.165, 1.54) is 18.4 Å². The molecule has 0 aromatic carbocycles. The molecule has 18 heavy (non-hydrogen) atoms. The highest BCUT2D eigenvalue weighted by atomic mass is 35.5. The standard InChI is InChI=1S/C13H16ClN3O/c1-9-13(14)6-16-17(9)7-12-4-10(8-18-12)5-15-11-2-3-11/h4,6,8,11,15H,2-3,5,7H2,1H3. The summed E-state index contributed by atoms with van der Waals surface area (Å²) in [6.07, 6.45) is 6.08. The number of nitrogens with one attached hydrogen (secondary N) is 1. The molecule has 2 aromatic heterocycles. The van der Waals surface area contributed by atoms with Crippen molar-refractivity contribution < 1.29 is 4.42 Å². The fourth-order valence-electron chi connectivity index (χ4n) is 1.88. The Bertz CT molecular complexity index is 542. The Labute approximate surface area is 111 Å². The van der Waals surface area contributed by atoms with E-state index < -0.39 is 0 Å². The summed E-state index contributed by atoms with van der Waals surface area (Å²) < 4.78 is 7.39. The predicted molar refractivity (Wildman–Crippen MR) is 69.6 cm³/mol. The number of hydrogen-bond donors (Lipinski definition) is 1. The second-order valence-electron chi connectivity index (χ2n) is 4.81. The van der Waals surface area contributed by atoms with E-state index in [0.29, 0.717) is 11.6 Å². The maximum absolute atomic E-state index is 5.97. The summed E-state index contributed by atoms with van der Waals surface area (Å²) >= 11 is 5.97. The van der Waals surface area contributed by atoms with Crippen molar-refractivity contribution >= 4 is 11.6 Å². The van der Waals surface area contributed by atoms with Crippen LogP contribution in [-0.4, -0.2) is 15.8 Å². The Kier molecular flexibility index (Phi) is 3.14. The van der Waals surface area contributed by atoms with Gasteiger partial charge >= 0.3 is 0 Å². The van der Waals surface area contributed by atoms with Crippen LogP contribution in [0.4, 0.5) is 0 Å². The summed E-state index contributed by atoms with van der Waals surface area (Å²) in [6.45, 7) is 3.46. The third-order valence-corrected chi connectivity index (χ3v) is 3.60. The van der Waals surface area contributed by atoms with Crippen molar-refractivity contribution in [2.24, 2.45) is 0 Å². The van der Waals surface area contributed by atoms with E-state index >= 15 is 0 Å². The Balaban J connectivity index is 1.63. The smallest absolute Gasteiger partial charge is 0.125 e. The van der Waals surface area contributed by atoms with Gasteiger partial charge in [-0.2, -0.15) is 5.10 Å². The number of hydrogen-bond acceptors (Lipinski definition) is 3. The molecule has 1 saturated carbocycles. The molecule has 0 aliphatic heterocycles. The quantitative estimate of drug-likeness (QED) is 0.904. The molecule has 0 radical (unpaired) electrons. The zero-order chi connectivity index (χ0) is 12.5. The van der Waals surface area contributed by atoms with Gasteiger partial charge in [0.1, 0.15) is 5.76 Å². The SMILES string of the molecule is Cc1c(Cl)cnn1Cc1cc(CNC2CC2)co1. The van der Waals surface area contributed by atoms with Crippen LogP contribution in [0.3, 0.4) is 0 Å². The van der Waals surface area contributed by atoms with Crippen LogP contribution in [0, 0.1) is 6.92 Å². The second kappa shape index (κ2) is 4.78. The van der Waals surface area contributed by atoms with Crippen molar-refractivity contribution in [3.05, 3.63) is 40.6 Å². The third kappa shape index (κ3) is 2.60. The molecule has 5 heteroatoms. The number of nitrogens with zero attached hydrogens (tertiary/aromatic N) is 2. The van der Waals surface area contributed by atoms with E-state index in [4.69, 9.17) is 16.0 Å². The Morgan fingerprint density at radius 3 is 3.06 bits per heavy atom. The summed E-state index contributed by atoms with van der Waals surface area (Å²) in [5, 5.41) is 8.37. The molecule has 0 bridgehead atoms. The first-order valence-corrected chi connectivity index (χ1v) is 6.58. The van der Waals surface area contributed by atoms with Gasteiger partial charge in [0.25, 0.3) is 0 Å². The highest BCUT2D eigenvalue weighted by Crippen LogP contribution is 2.20. The first kappa shape index (κ1) is 11.8. The Morgan fingerprint density at radius 2 is 2.39 bits per heavy atom. The molecular formula is C13H16ClN3O. The summed E-state index contributed by atoms with van der Waals surface area (Å²) in [6, 6.07) is 2.79. The Hall–Kier alpha value is -1.26. The molecule has 3 rings (SSSR count). The highest BCUT2D eigenvalue weighted by Gasteiger charge is 2.20. The summed E-state index contributed by atoms with van der Waals surface area (Å²) in [5.41, 5.74) is 2.15. The monoisotopic (exact) mass is 265 g/mol. The van der Waals surface area contributed by atoms with E-state index in [1.54, 1.807) is 6.20 Å². The predicted octanol–water partition coefficient (Wildman–Crippen LogP) is 2.74. The summed E-state index contributed by atoms with van der Waals surface area (Å²) in [4.78, 5) is 0. The molecule has 0 amide bonds. The number of rotatable bonds is 5. The molecule has 0 spiro atoms. The number of halogens is 1. The largest absolute Gasteiger partial charge is 0.467 e. The van der Waals surface area contributed by atoms with Gasteiger partial charge in [-0.15, -0.1) is 0 Å². The molecule has 1 fully saturated rings. The molecule has 0 saturated heterocycles. The van der Waals surface area contributed by atoms with Gasteiger partial charge in [0.05, 0.1) is 29.7 Å². The van der Waals surface area contributed by atoms with E-state index in [9.17, 15) is 0 Å². The molecule has 96 valence electrons. The highest BCUT2D eigenvalue weighted by molar-refractivity contribution is 6.31. The molecule has 0 unspecified atom stereocenters. The van der Waals surface area contributed by atoms with Gasteiger partial charge in [0.15, 0.2) is 0 Å². The van der Waals surface area contributed by atoms with Crippen molar-refractivity contribution in [3.8, 4) is 0 Å². The van der Waals surface area contributed by atoms with Gasteiger partial charge < -0.3 is 9.73 Å². The molecule has 1 aliphatic rings. The van der Waals surface area contributed by atoms with Crippen LogP contribution in [0.1, 0.15) is 29.9 Å². The van der Waals surface area contributed by atoms with E-state index in [1.807, 2.05) is 17.9 Å². The lowest BCUT2D eigenvalue weighted by Gasteiger charge is -2.01. The molecule has 2 heterocycles. The van der Waals surface area contributed by atoms with Crippen LogP contribution in [0.25, 0.3) is 0 Å². The van der Waals surface area contributed by atoms with E-state index in [2.05, 4.69) is 16.5 Å². The average molecular weight is 266 g/mol. The number of aromatic nitrogens is 2. The van der Waals surface area contributed by atoms with Crippen LogP contribution >= 0.6 is 11.6 Å². The Morgan fingerprint density at radius 1 is 1.56 bits per heavy atom. The van der Waals surface area contributed by atoms with Crippen LogP contribution in [0.5, 0.6) is 0 Å². The third-order valence-electron chi connectivity index (χ3n) is 3.23. The van der Waals surface area contributed by atoms with Gasteiger partial charge in [0, 0.05) is 18.2 Å². The lowest BCUT2D eigenvalue weighted by molar-refractivity contribution is 0.474. The van der Waals surface area contributed by atoms with Crippen molar-refractivity contribution in [2.75, 3.05) is 0 Å². The topological polar surface area (TPSA) is 43.0 Å². The molecule has 0 atom stereocenters. The minimum absolute atomic E-state index is 0.627. The minimum atomic E-state index is 0.627. The first-order chi connectivity index (χ1) is 8.72. The number of furan rings is 1. The lowest BCUT2D eigenvalue weighted by Crippen LogP contribution is -2.14. The summed E-state index contributed by atoms with van der Waals surface area (Å²) in [7, 11) is 0. The summed E-state index contributed by atoms with van der Waals surface area (Å²) in [5.74, 6) is 0.908. The van der Waals surface area contributed by atoms with E-state index in [-0.39, 0.29) is 0 Å². The van der Waals surface area contributed by atoms with Gasteiger partial charge in [-0.3, -0.25) is 4.68 Å². The van der Waals surface area contributed by atoms with Gasteiger partial charge in [-0.1, -0.05) is 11.6 Å². The fourth-order valence-corrected chi connectivity index (χ4v) is 2.02. The molecule has 1 N–H and O–H groups in total. The van der Waals surface area contributed by atoms with Crippen LogP contribution in [0.15, 0.2) is 22.9 Å².